The zero-order chi connectivity index (χ0) is 11.5. The number of nitrogens with one attached hydrogen (secondary N) is 1. The van der Waals surface area contributed by atoms with Crippen molar-refractivity contribution in [3.63, 3.8) is 0 Å². The molecule has 4 nitrogen and oxygen atoms in total. The van der Waals surface area contributed by atoms with Crippen molar-refractivity contribution in [1.29, 1.82) is 0 Å². The number of amides is 2. The number of carbonyl (C=O) groups excluding carboxylic acids is 2. The summed E-state index contributed by atoms with van der Waals surface area (Å²) >= 11 is 1.05. The van der Waals surface area contributed by atoms with Crippen molar-refractivity contribution in [1.82, 2.24) is 5.32 Å². The molecule has 1 aliphatic rings. The Kier molecular flexibility index (Phi) is 3.14. The van der Waals surface area contributed by atoms with E-state index in [1.807, 2.05) is 24.3 Å². The second-order valence-corrected chi connectivity index (χ2v) is 4.61. The Bertz CT molecular complexity index is 416. The summed E-state index contributed by atoms with van der Waals surface area (Å²) in [5.74, 6) is 0.578. The van der Waals surface area contributed by atoms with Crippen LogP contribution in [-0.4, -0.2) is 23.5 Å². The van der Waals surface area contributed by atoms with Crippen LogP contribution in [0.15, 0.2) is 24.3 Å². The summed E-state index contributed by atoms with van der Waals surface area (Å²) in [6.45, 7) is 0. The Morgan fingerprint density at radius 1 is 1.31 bits per heavy atom. The van der Waals surface area contributed by atoms with Gasteiger partial charge in [-0.1, -0.05) is 23.9 Å². The first-order valence-electron chi connectivity index (χ1n) is 4.83. The van der Waals surface area contributed by atoms with Gasteiger partial charge < -0.3 is 4.74 Å². The van der Waals surface area contributed by atoms with Gasteiger partial charge in [-0.25, -0.2) is 0 Å². The predicted molar refractivity (Wildman–Crippen MR) is 61.6 cm³/mol. The molecule has 1 saturated heterocycles. The molecule has 1 aliphatic heterocycles. The molecule has 1 aromatic rings. The van der Waals surface area contributed by atoms with Crippen LogP contribution in [0.1, 0.15) is 5.56 Å². The van der Waals surface area contributed by atoms with Crippen LogP contribution in [0.4, 0.5) is 4.79 Å². The molecule has 16 heavy (non-hydrogen) atoms. The topological polar surface area (TPSA) is 55.4 Å². The van der Waals surface area contributed by atoms with Crippen molar-refractivity contribution in [2.24, 2.45) is 0 Å². The summed E-state index contributed by atoms with van der Waals surface area (Å²) in [5, 5.41) is 1.70. The molecule has 5 heteroatoms. The van der Waals surface area contributed by atoms with Gasteiger partial charge in [-0.15, -0.1) is 0 Å². The van der Waals surface area contributed by atoms with Gasteiger partial charge in [0.05, 0.1) is 12.4 Å². The molecule has 1 atom stereocenters. The average Bonchev–Trinajstić information content (AvgIpc) is 2.59. The van der Waals surface area contributed by atoms with Crippen LogP contribution in [0.5, 0.6) is 5.75 Å². The van der Waals surface area contributed by atoms with E-state index in [1.54, 1.807) is 7.11 Å². The number of carbonyl (C=O) groups is 2. The fraction of sp³-hybridized carbons (Fsp3) is 0.273. The highest BCUT2D eigenvalue weighted by atomic mass is 32.2. The van der Waals surface area contributed by atoms with Crippen LogP contribution in [0.2, 0.25) is 0 Å². The molecule has 0 aliphatic carbocycles. The molecule has 0 bridgehead atoms. The van der Waals surface area contributed by atoms with E-state index in [0.717, 1.165) is 23.1 Å². The van der Waals surface area contributed by atoms with E-state index >= 15 is 0 Å². The highest BCUT2D eigenvalue weighted by Crippen LogP contribution is 2.23. The van der Waals surface area contributed by atoms with Crippen molar-refractivity contribution in [2.75, 3.05) is 7.11 Å². The van der Waals surface area contributed by atoms with Gasteiger partial charge in [0.25, 0.3) is 5.24 Å². The molecule has 84 valence electrons. The number of hydrogen-bond donors (Lipinski definition) is 1. The first-order valence-corrected chi connectivity index (χ1v) is 5.71. The predicted octanol–water partition coefficient (Wildman–Crippen LogP) is 1.59. The van der Waals surface area contributed by atoms with Crippen molar-refractivity contribution >= 4 is 22.9 Å². The monoisotopic (exact) mass is 237 g/mol. The third-order valence-corrected chi connectivity index (χ3v) is 3.33. The van der Waals surface area contributed by atoms with E-state index in [9.17, 15) is 9.59 Å². The van der Waals surface area contributed by atoms with Gasteiger partial charge in [0, 0.05) is 0 Å². The number of ether oxygens (including phenoxy) is 1. The van der Waals surface area contributed by atoms with E-state index in [0.29, 0.717) is 6.42 Å². The molecule has 1 fully saturated rings. The summed E-state index contributed by atoms with van der Waals surface area (Å²) in [5.41, 5.74) is 1.02. The zero-order valence-electron chi connectivity index (χ0n) is 8.73. The molecule has 0 aromatic heterocycles. The maximum atomic E-state index is 11.3. The van der Waals surface area contributed by atoms with Crippen LogP contribution >= 0.6 is 11.8 Å². The van der Waals surface area contributed by atoms with E-state index in [2.05, 4.69) is 5.32 Å². The van der Waals surface area contributed by atoms with Gasteiger partial charge in [0.15, 0.2) is 0 Å². The fourth-order valence-corrected chi connectivity index (χ4v) is 2.36. The van der Waals surface area contributed by atoms with Crippen LogP contribution in [0.25, 0.3) is 0 Å². The first-order chi connectivity index (χ1) is 7.69. The third kappa shape index (κ3) is 2.36. The summed E-state index contributed by atoms with van der Waals surface area (Å²) in [6.07, 6.45) is 0.562. The Labute approximate surface area is 97.4 Å². The molecule has 0 radical (unpaired) electrons. The molecule has 0 saturated carbocycles. The number of rotatable bonds is 3. The zero-order valence-corrected chi connectivity index (χ0v) is 9.54. The van der Waals surface area contributed by atoms with Gasteiger partial charge in [-0.2, -0.15) is 0 Å². The maximum absolute atomic E-state index is 11.3. The van der Waals surface area contributed by atoms with E-state index in [-0.39, 0.29) is 16.4 Å². The van der Waals surface area contributed by atoms with Gasteiger partial charge in [-0.3, -0.25) is 14.9 Å². The largest absolute Gasteiger partial charge is 0.497 e. The smallest absolute Gasteiger partial charge is 0.286 e. The first kappa shape index (κ1) is 11.0. The molecule has 0 spiro atoms. The van der Waals surface area contributed by atoms with Gasteiger partial charge in [0.1, 0.15) is 5.75 Å². The quantitative estimate of drug-likeness (QED) is 0.867. The molecule has 1 aromatic carbocycles. The number of thioether (sulfide) groups is 1. The lowest BCUT2D eigenvalue weighted by atomic mass is 10.1. The summed E-state index contributed by atoms with van der Waals surface area (Å²) in [7, 11) is 1.61. The Morgan fingerprint density at radius 3 is 2.50 bits per heavy atom. The Balaban J connectivity index is 2.03. The van der Waals surface area contributed by atoms with Crippen LogP contribution in [-0.2, 0) is 11.2 Å². The second-order valence-electron chi connectivity index (χ2n) is 3.44. The number of benzene rings is 1. The molecule has 2 amide bonds. The Morgan fingerprint density at radius 2 is 2.00 bits per heavy atom. The van der Waals surface area contributed by atoms with E-state index in [1.165, 1.54) is 0 Å². The SMILES string of the molecule is COc1ccc(CC2SC(=O)NC2=O)cc1. The molecule has 2 rings (SSSR count). The maximum Gasteiger partial charge on any atom is 0.286 e. The molecule has 1 heterocycles. The van der Waals surface area contributed by atoms with E-state index < -0.39 is 0 Å². The minimum absolute atomic E-state index is 0.203. The van der Waals surface area contributed by atoms with Crippen LogP contribution in [0.3, 0.4) is 0 Å². The van der Waals surface area contributed by atoms with E-state index in [4.69, 9.17) is 4.74 Å². The minimum Gasteiger partial charge on any atom is -0.497 e. The molecular formula is C11H11NO3S. The lowest BCUT2D eigenvalue weighted by Gasteiger charge is -2.06. The number of imide groups is 1. The lowest BCUT2D eigenvalue weighted by Crippen LogP contribution is -2.25. The lowest BCUT2D eigenvalue weighted by molar-refractivity contribution is -0.118. The van der Waals surface area contributed by atoms with Crippen LogP contribution in [0, 0.1) is 0 Å². The molecule has 1 unspecified atom stereocenters. The van der Waals surface area contributed by atoms with Crippen molar-refractivity contribution in [3.05, 3.63) is 29.8 Å². The average molecular weight is 237 g/mol. The normalized spacial score (nSPS) is 19.7. The van der Waals surface area contributed by atoms with Crippen molar-refractivity contribution in [3.8, 4) is 5.75 Å². The number of methoxy groups -OCH3 is 1. The van der Waals surface area contributed by atoms with Gasteiger partial charge in [-0.05, 0) is 24.1 Å². The van der Waals surface area contributed by atoms with Gasteiger partial charge in [0.2, 0.25) is 5.91 Å². The van der Waals surface area contributed by atoms with Crippen molar-refractivity contribution < 1.29 is 14.3 Å². The second kappa shape index (κ2) is 4.57. The minimum atomic E-state index is -0.305. The van der Waals surface area contributed by atoms with Gasteiger partial charge >= 0.3 is 0 Å². The summed E-state index contributed by atoms with van der Waals surface area (Å²) in [4.78, 5) is 22.3. The standard InChI is InChI=1S/C11H11NO3S/c1-15-8-4-2-7(3-5-8)6-9-10(13)12-11(14)16-9/h2-5,9H,6H2,1H3,(H,12,13,14). The molecule has 1 N–H and O–H groups in total. The fourth-order valence-electron chi connectivity index (χ4n) is 1.50. The number of hydrogen-bond acceptors (Lipinski definition) is 4. The van der Waals surface area contributed by atoms with Crippen LogP contribution < -0.4 is 10.1 Å². The third-order valence-electron chi connectivity index (χ3n) is 2.35. The molecular weight excluding hydrogens is 226 g/mol. The van der Waals surface area contributed by atoms with Crippen molar-refractivity contribution in [2.45, 2.75) is 11.7 Å². The summed E-state index contributed by atoms with van der Waals surface area (Å²) in [6, 6.07) is 7.48. The summed E-state index contributed by atoms with van der Waals surface area (Å²) < 4.78 is 5.04. The Hall–Kier alpha value is -1.49. The highest BCUT2D eigenvalue weighted by molar-refractivity contribution is 8.15. The highest BCUT2D eigenvalue weighted by Gasteiger charge is 2.31.